The molecular formula is C9H14N2O. The Labute approximate surface area is 72.4 Å². The fraction of sp³-hybridized carbons (Fsp3) is 0.556. The molecule has 0 aromatic carbocycles. The fourth-order valence-electron chi connectivity index (χ4n) is 1.07. The zero-order valence-electron chi connectivity index (χ0n) is 7.74. The second-order valence-electron chi connectivity index (χ2n) is 3.18. The molecule has 1 rings (SSSR count). The van der Waals surface area contributed by atoms with Gasteiger partial charge in [-0.3, -0.25) is 4.68 Å². The van der Waals surface area contributed by atoms with Crippen LogP contribution in [0.1, 0.15) is 31.1 Å². The minimum Gasteiger partial charge on any atom is -0.303 e. The minimum atomic E-state index is 0.365. The van der Waals surface area contributed by atoms with Crippen LogP contribution >= 0.6 is 0 Å². The molecule has 12 heavy (non-hydrogen) atoms. The highest BCUT2D eigenvalue weighted by atomic mass is 16.1. The number of carbonyl (C=O) groups excluding carboxylic acids is 1. The summed E-state index contributed by atoms with van der Waals surface area (Å²) in [5.74, 6) is 0. The Kier molecular flexibility index (Phi) is 2.63. The van der Waals surface area contributed by atoms with E-state index in [-0.39, 0.29) is 0 Å². The van der Waals surface area contributed by atoms with E-state index in [2.05, 4.69) is 18.9 Å². The molecule has 1 aromatic rings. The SMILES string of the molecule is Cc1nn(C(C)C)cc1CC=O. The van der Waals surface area contributed by atoms with Gasteiger partial charge in [0, 0.05) is 24.2 Å². The molecule has 0 N–H and O–H groups in total. The van der Waals surface area contributed by atoms with Gasteiger partial charge in [-0.2, -0.15) is 5.10 Å². The van der Waals surface area contributed by atoms with Gasteiger partial charge in [-0.05, 0) is 20.8 Å². The van der Waals surface area contributed by atoms with E-state index < -0.39 is 0 Å². The van der Waals surface area contributed by atoms with Crippen molar-refractivity contribution in [3.05, 3.63) is 17.5 Å². The number of hydrogen-bond donors (Lipinski definition) is 0. The minimum absolute atomic E-state index is 0.365. The zero-order chi connectivity index (χ0) is 9.14. The van der Waals surface area contributed by atoms with E-state index in [4.69, 9.17) is 0 Å². The summed E-state index contributed by atoms with van der Waals surface area (Å²) in [5.41, 5.74) is 1.98. The summed E-state index contributed by atoms with van der Waals surface area (Å²) in [4.78, 5) is 10.3. The van der Waals surface area contributed by atoms with Crippen molar-refractivity contribution < 1.29 is 4.79 Å². The highest BCUT2D eigenvalue weighted by Gasteiger charge is 2.05. The molecule has 0 saturated heterocycles. The van der Waals surface area contributed by atoms with E-state index in [1.54, 1.807) is 0 Å². The Morgan fingerprint density at radius 2 is 2.33 bits per heavy atom. The van der Waals surface area contributed by atoms with Crippen LogP contribution in [-0.2, 0) is 11.2 Å². The summed E-state index contributed by atoms with van der Waals surface area (Å²) >= 11 is 0. The lowest BCUT2D eigenvalue weighted by atomic mass is 10.2. The van der Waals surface area contributed by atoms with Gasteiger partial charge in [0.25, 0.3) is 0 Å². The van der Waals surface area contributed by atoms with Crippen molar-refractivity contribution in [2.24, 2.45) is 0 Å². The number of hydrogen-bond acceptors (Lipinski definition) is 2. The molecule has 0 amide bonds. The fourth-order valence-corrected chi connectivity index (χ4v) is 1.07. The van der Waals surface area contributed by atoms with E-state index in [1.807, 2.05) is 17.8 Å². The maximum absolute atomic E-state index is 10.3. The molecule has 0 unspecified atom stereocenters. The van der Waals surface area contributed by atoms with Crippen molar-refractivity contribution in [2.75, 3.05) is 0 Å². The van der Waals surface area contributed by atoms with Gasteiger partial charge in [0.2, 0.25) is 0 Å². The van der Waals surface area contributed by atoms with Crippen LogP contribution in [0.15, 0.2) is 6.20 Å². The molecule has 0 aliphatic carbocycles. The van der Waals surface area contributed by atoms with Gasteiger partial charge in [-0.1, -0.05) is 0 Å². The summed E-state index contributed by atoms with van der Waals surface area (Å²) in [7, 11) is 0. The molecule has 0 radical (unpaired) electrons. The summed E-state index contributed by atoms with van der Waals surface area (Å²) in [6.45, 7) is 6.06. The number of aldehydes is 1. The summed E-state index contributed by atoms with van der Waals surface area (Å²) < 4.78 is 1.88. The van der Waals surface area contributed by atoms with Crippen molar-refractivity contribution in [3.8, 4) is 0 Å². The number of carbonyl (C=O) groups is 1. The molecule has 0 saturated carbocycles. The predicted octanol–water partition coefficient (Wildman–Crippen LogP) is 1.51. The van der Waals surface area contributed by atoms with Gasteiger partial charge in [-0.25, -0.2) is 0 Å². The van der Waals surface area contributed by atoms with Crippen LogP contribution in [0.4, 0.5) is 0 Å². The zero-order valence-corrected chi connectivity index (χ0v) is 7.74. The van der Waals surface area contributed by atoms with E-state index >= 15 is 0 Å². The van der Waals surface area contributed by atoms with Crippen LogP contribution in [0.3, 0.4) is 0 Å². The third kappa shape index (κ3) is 1.72. The topological polar surface area (TPSA) is 34.9 Å². The van der Waals surface area contributed by atoms with Crippen LogP contribution in [0.2, 0.25) is 0 Å². The molecule has 1 aromatic heterocycles. The van der Waals surface area contributed by atoms with E-state index in [0.29, 0.717) is 12.5 Å². The molecule has 0 aliphatic heterocycles. The highest BCUT2D eigenvalue weighted by Crippen LogP contribution is 2.09. The number of aryl methyl sites for hydroxylation is 1. The molecule has 66 valence electrons. The predicted molar refractivity (Wildman–Crippen MR) is 47.1 cm³/mol. The average molecular weight is 166 g/mol. The lowest BCUT2D eigenvalue weighted by molar-refractivity contribution is -0.107. The molecule has 0 fully saturated rings. The third-order valence-corrected chi connectivity index (χ3v) is 1.85. The van der Waals surface area contributed by atoms with Crippen molar-refractivity contribution in [1.82, 2.24) is 9.78 Å². The maximum Gasteiger partial charge on any atom is 0.124 e. The lowest BCUT2D eigenvalue weighted by Crippen LogP contribution is -2.00. The van der Waals surface area contributed by atoms with Crippen molar-refractivity contribution in [3.63, 3.8) is 0 Å². The van der Waals surface area contributed by atoms with Gasteiger partial charge >= 0.3 is 0 Å². The van der Waals surface area contributed by atoms with Gasteiger partial charge < -0.3 is 4.79 Å². The van der Waals surface area contributed by atoms with E-state index in [0.717, 1.165) is 17.5 Å². The van der Waals surface area contributed by atoms with E-state index in [1.165, 1.54) is 0 Å². The van der Waals surface area contributed by atoms with Crippen LogP contribution in [0.25, 0.3) is 0 Å². The van der Waals surface area contributed by atoms with Crippen molar-refractivity contribution in [1.29, 1.82) is 0 Å². The maximum atomic E-state index is 10.3. The number of aromatic nitrogens is 2. The Bertz CT molecular complexity index is 276. The molecule has 0 bridgehead atoms. The number of rotatable bonds is 3. The van der Waals surface area contributed by atoms with Gasteiger partial charge in [0.1, 0.15) is 6.29 Å². The van der Waals surface area contributed by atoms with Crippen LogP contribution in [-0.4, -0.2) is 16.1 Å². The highest BCUT2D eigenvalue weighted by molar-refractivity contribution is 5.55. The summed E-state index contributed by atoms with van der Waals surface area (Å²) in [6.07, 6.45) is 3.32. The Morgan fingerprint density at radius 1 is 1.67 bits per heavy atom. The van der Waals surface area contributed by atoms with Gasteiger partial charge in [0.05, 0.1) is 5.69 Å². The Morgan fingerprint density at radius 3 is 2.75 bits per heavy atom. The molecule has 0 atom stereocenters. The molecular weight excluding hydrogens is 152 g/mol. The Balaban J connectivity index is 2.91. The average Bonchev–Trinajstić information content (AvgIpc) is 2.34. The quantitative estimate of drug-likeness (QED) is 0.638. The largest absolute Gasteiger partial charge is 0.303 e. The molecule has 0 aliphatic rings. The third-order valence-electron chi connectivity index (χ3n) is 1.85. The Hall–Kier alpha value is -1.12. The molecule has 3 nitrogen and oxygen atoms in total. The normalized spacial score (nSPS) is 10.7. The standard InChI is InChI=1S/C9H14N2O/c1-7(2)11-6-9(4-5-12)8(3)10-11/h5-7H,4H2,1-3H3. The monoisotopic (exact) mass is 166 g/mol. The van der Waals surface area contributed by atoms with Crippen LogP contribution in [0.5, 0.6) is 0 Å². The van der Waals surface area contributed by atoms with Gasteiger partial charge in [0.15, 0.2) is 0 Å². The second kappa shape index (κ2) is 3.52. The van der Waals surface area contributed by atoms with E-state index in [9.17, 15) is 4.79 Å². The smallest absolute Gasteiger partial charge is 0.124 e. The first-order valence-electron chi connectivity index (χ1n) is 4.13. The molecule has 0 spiro atoms. The molecule has 1 heterocycles. The lowest BCUT2D eigenvalue weighted by Gasteiger charge is -2.02. The summed E-state index contributed by atoms with van der Waals surface area (Å²) in [6, 6.07) is 0.365. The van der Waals surface area contributed by atoms with Crippen molar-refractivity contribution in [2.45, 2.75) is 33.2 Å². The van der Waals surface area contributed by atoms with Gasteiger partial charge in [-0.15, -0.1) is 0 Å². The first-order chi connectivity index (χ1) is 5.65. The van der Waals surface area contributed by atoms with Crippen LogP contribution < -0.4 is 0 Å². The number of nitrogens with zero attached hydrogens (tertiary/aromatic N) is 2. The van der Waals surface area contributed by atoms with Crippen LogP contribution in [0, 0.1) is 6.92 Å². The molecule has 3 heteroatoms. The first-order valence-corrected chi connectivity index (χ1v) is 4.13. The van der Waals surface area contributed by atoms with Crippen molar-refractivity contribution >= 4 is 6.29 Å². The second-order valence-corrected chi connectivity index (χ2v) is 3.18. The first kappa shape index (κ1) is 8.97. The summed E-state index contributed by atoms with van der Waals surface area (Å²) in [5, 5.41) is 4.29.